The Balaban J connectivity index is 1.58. The summed E-state index contributed by atoms with van der Waals surface area (Å²) >= 11 is 1.30. The number of benzene rings is 4. The van der Waals surface area contributed by atoms with Crippen molar-refractivity contribution in [2.24, 2.45) is 0 Å². The molecule has 34 heavy (non-hydrogen) atoms. The van der Waals surface area contributed by atoms with Crippen LogP contribution in [0.4, 0.5) is 0 Å². The van der Waals surface area contributed by atoms with Crippen LogP contribution in [-0.2, 0) is 11.3 Å². The topological polar surface area (TPSA) is 34.9 Å². The van der Waals surface area contributed by atoms with Crippen LogP contribution in [0.5, 0.6) is 0 Å². The van der Waals surface area contributed by atoms with Crippen LogP contribution in [0.25, 0.3) is 0 Å². The molecular formula is C30H24N2OS. The molecule has 1 aromatic heterocycles. The zero-order valence-electron chi connectivity index (χ0n) is 18.6. The van der Waals surface area contributed by atoms with Crippen molar-refractivity contribution in [3.63, 3.8) is 0 Å². The Bertz CT molecular complexity index is 1250. The molecule has 0 aliphatic carbocycles. The molecule has 1 heterocycles. The number of hydrogen-bond acceptors (Lipinski definition) is 3. The highest BCUT2D eigenvalue weighted by molar-refractivity contribution is 8.13. The van der Waals surface area contributed by atoms with E-state index in [9.17, 15) is 4.79 Å². The lowest BCUT2D eigenvalue weighted by molar-refractivity contribution is 0.108. The Hall–Kier alpha value is -3.89. The molecule has 0 aliphatic heterocycles. The van der Waals surface area contributed by atoms with Gasteiger partial charge in [0.15, 0.2) is 0 Å². The second-order valence-electron chi connectivity index (χ2n) is 8.04. The van der Waals surface area contributed by atoms with Gasteiger partial charge in [-0.1, -0.05) is 133 Å². The smallest absolute Gasteiger partial charge is 0.219 e. The van der Waals surface area contributed by atoms with E-state index in [0.717, 1.165) is 22.3 Å². The van der Waals surface area contributed by atoms with Crippen molar-refractivity contribution in [1.82, 2.24) is 9.78 Å². The third kappa shape index (κ3) is 4.20. The molecule has 0 fully saturated rings. The summed E-state index contributed by atoms with van der Waals surface area (Å²) in [6.07, 6.45) is 3.94. The lowest BCUT2D eigenvalue weighted by Crippen LogP contribution is -2.38. The van der Waals surface area contributed by atoms with Crippen molar-refractivity contribution in [1.29, 1.82) is 0 Å². The van der Waals surface area contributed by atoms with Crippen LogP contribution < -0.4 is 0 Å². The number of nitrogens with zero attached hydrogens (tertiary/aromatic N) is 2. The molecule has 0 atom stereocenters. The fraction of sp³-hybridized carbons (Fsp3) is 0.0667. The standard InChI is InChI=1S/C30H24N2OS/c33-29(25-13-5-1-6-14-25)34-23-24-21-31-32(22-24)30(26-15-7-2-8-16-26,27-17-9-3-10-18-27)28-19-11-4-12-20-28/h1-22H,23H2. The van der Waals surface area contributed by atoms with E-state index in [1.54, 1.807) is 0 Å². The van der Waals surface area contributed by atoms with E-state index in [1.165, 1.54) is 11.8 Å². The first kappa shape index (κ1) is 21.9. The van der Waals surface area contributed by atoms with Crippen LogP contribution in [0.15, 0.2) is 134 Å². The molecule has 5 rings (SSSR count). The zero-order valence-corrected chi connectivity index (χ0v) is 19.4. The van der Waals surface area contributed by atoms with Crippen LogP contribution in [0.2, 0.25) is 0 Å². The monoisotopic (exact) mass is 460 g/mol. The molecule has 4 heteroatoms. The summed E-state index contributed by atoms with van der Waals surface area (Å²) in [4.78, 5) is 12.6. The van der Waals surface area contributed by atoms with E-state index >= 15 is 0 Å². The van der Waals surface area contributed by atoms with E-state index in [4.69, 9.17) is 5.10 Å². The Morgan fingerprint density at radius 1 is 0.676 bits per heavy atom. The minimum Gasteiger partial charge on any atom is -0.282 e. The number of aromatic nitrogens is 2. The van der Waals surface area contributed by atoms with Crippen molar-refractivity contribution >= 4 is 16.9 Å². The summed E-state index contributed by atoms with van der Waals surface area (Å²) in [5, 5.41) is 4.92. The number of thioether (sulfide) groups is 1. The second-order valence-corrected chi connectivity index (χ2v) is 8.99. The molecule has 0 amide bonds. The first-order chi connectivity index (χ1) is 16.8. The predicted octanol–water partition coefficient (Wildman–Crippen LogP) is 6.80. The minimum absolute atomic E-state index is 0.0637. The molecule has 0 saturated carbocycles. The van der Waals surface area contributed by atoms with Gasteiger partial charge in [-0.15, -0.1) is 0 Å². The van der Waals surface area contributed by atoms with Gasteiger partial charge in [0.25, 0.3) is 0 Å². The van der Waals surface area contributed by atoms with Gasteiger partial charge in [0.1, 0.15) is 5.54 Å². The van der Waals surface area contributed by atoms with Crippen molar-refractivity contribution in [2.75, 3.05) is 0 Å². The maximum Gasteiger partial charge on any atom is 0.219 e. The molecule has 0 saturated heterocycles. The molecule has 0 aliphatic rings. The quantitative estimate of drug-likeness (QED) is 0.251. The fourth-order valence-corrected chi connectivity index (χ4v) is 5.11. The number of carbonyl (C=O) groups is 1. The lowest BCUT2D eigenvalue weighted by atomic mass is 9.77. The van der Waals surface area contributed by atoms with E-state index < -0.39 is 5.54 Å². The van der Waals surface area contributed by atoms with E-state index in [2.05, 4.69) is 79.0 Å². The van der Waals surface area contributed by atoms with Gasteiger partial charge in [-0.05, 0) is 16.7 Å². The lowest BCUT2D eigenvalue weighted by Gasteiger charge is -2.36. The van der Waals surface area contributed by atoms with Crippen molar-refractivity contribution in [2.45, 2.75) is 11.3 Å². The second kappa shape index (κ2) is 9.94. The molecule has 0 unspecified atom stereocenters. The fourth-order valence-electron chi connectivity index (χ4n) is 4.36. The molecule has 166 valence electrons. The van der Waals surface area contributed by atoms with Gasteiger partial charge < -0.3 is 0 Å². The van der Waals surface area contributed by atoms with Crippen molar-refractivity contribution in [3.05, 3.63) is 162 Å². The maximum atomic E-state index is 12.6. The van der Waals surface area contributed by atoms with Gasteiger partial charge in [-0.3, -0.25) is 9.48 Å². The third-order valence-electron chi connectivity index (χ3n) is 5.93. The molecule has 0 spiro atoms. The Kier molecular flexibility index (Phi) is 6.41. The summed E-state index contributed by atoms with van der Waals surface area (Å²) in [6, 6.07) is 40.8. The van der Waals surface area contributed by atoms with E-state index in [1.807, 2.05) is 59.4 Å². The van der Waals surface area contributed by atoms with E-state index in [-0.39, 0.29) is 5.12 Å². The molecular weight excluding hydrogens is 436 g/mol. The third-order valence-corrected chi connectivity index (χ3v) is 6.91. The van der Waals surface area contributed by atoms with Gasteiger partial charge in [0.2, 0.25) is 5.12 Å². The first-order valence-electron chi connectivity index (χ1n) is 11.2. The highest BCUT2D eigenvalue weighted by Crippen LogP contribution is 2.40. The average Bonchev–Trinajstić information content (AvgIpc) is 3.39. The summed E-state index contributed by atoms with van der Waals surface area (Å²) < 4.78 is 2.04. The van der Waals surface area contributed by atoms with Crippen LogP contribution in [0.3, 0.4) is 0 Å². The summed E-state index contributed by atoms with van der Waals surface area (Å²) in [7, 11) is 0. The van der Waals surface area contributed by atoms with Gasteiger partial charge in [0.05, 0.1) is 6.20 Å². The van der Waals surface area contributed by atoms with Gasteiger partial charge in [-0.25, -0.2) is 0 Å². The molecule has 0 N–H and O–H groups in total. The highest BCUT2D eigenvalue weighted by Gasteiger charge is 2.39. The van der Waals surface area contributed by atoms with Crippen LogP contribution in [0, 0.1) is 0 Å². The summed E-state index contributed by atoms with van der Waals surface area (Å²) in [5.74, 6) is 0.558. The predicted molar refractivity (Wildman–Crippen MR) is 139 cm³/mol. The van der Waals surface area contributed by atoms with Gasteiger partial charge in [-0.2, -0.15) is 5.10 Å². The Labute approximate surface area is 204 Å². The number of carbonyl (C=O) groups excluding carboxylic acids is 1. The maximum absolute atomic E-state index is 12.6. The number of rotatable bonds is 7. The van der Waals surface area contributed by atoms with Crippen LogP contribution >= 0.6 is 11.8 Å². The van der Waals surface area contributed by atoms with Gasteiger partial charge in [0, 0.05) is 23.1 Å². The highest BCUT2D eigenvalue weighted by atomic mass is 32.2. The normalized spacial score (nSPS) is 11.3. The summed E-state index contributed by atoms with van der Waals surface area (Å²) in [5.41, 5.74) is 4.43. The Morgan fingerprint density at radius 2 is 1.12 bits per heavy atom. The molecule has 5 aromatic rings. The van der Waals surface area contributed by atoms with Crippen LogP contribution in [-0.4, -0.2) is 14.9 Å². The molecule has 0 radical (unpaired) electrons. The number of hydrogen-bond donors (Lipinski definition) is 0. The minimum atomic E-state index is -0.643. The largest absolute Gasteiger partial charge is 0.282 e. The zero-order chi connectivity index (χ0) is 23.2. The van der Waals surface area contributed by atoms with Crippen LogP contribution in [0.1, 0.15) is 32.6 Å². The van der Waals surface area contributed by atoms with Crippen molar-refractivity contribution < 1.29 is 4.79 Å². The first-order valence-corrected chi connectivity index (χ1v) is 12.2. The molecule has 4 aromatic carbocycles. The SMILES string of the molecule is O=C(SCc1cnn(C(c2ccccc2)(c2ccccc2)c2ccccc2)c1)c1ccccc1. The average molecular weight is 461 g/mol. The van der Waals surface area contributed by atoms with Crippen molar-refractivity contribution in [3.8, 4) is 0 Å². The molecule has 3 nitrogen and oxygen atoms in total. The molecule has 0 bridgehead atoms. The van der Waals surface area contributed by atoms with Gasteiger partial charge >= 0.3 is 0 Å². The Morgan fingerprint density at radius 3 is 1.59 bits per heavy atom. The summed E-state index contributed by atoms with van der Waals surface area (Å²) in [6.45, 7) is 0. The van der Waals surface area contributed by atoms with E-state index in [0.29, 0.717) is 11.3 Å².